The van der Waals surface area contributed by atoms with Gasteiger partial charge >= 0.3 is 0 Å². The average Bonchev–Trinajstić information content (AvgIpc) is 3.23. The van der Waals surface area contributed by atoms with Crippen molar-refractivity contribution in [2.24, 2.45) is 0 Å². The highest BCUT2D eigenvalue weighted by molar-refractivity contribution is 9.10. The minimum Gasteiger partial charge on any atom is -0.490 e. The summed E-state index contributed by atoms with van der Waals surface area (Å²) in [5.74, 6) is 1.10. The van der Waals surface area contributed by atoms with E-state index in [2.05, 4.69) is 30.8 Å². The van der Waals surface area contributed by atoms with Crippen molar-refractivity contribution in [3.8, 4) is 11.5 Å². The van der Waals surface area contributed by atoms with Crippen LogP contribution in [0.2, 0.25) is 0 Å². The van der Waals surface area contributed by atoms with E-state index in [4.69, 9.17) is 9.47 Å². The van der Waals surface area contributed by atoms with Gasteiger partial charge < -0.3 is 19.4 Å². The maximum Gasteiger partial charge on any atom is 0.162 e. The van der Waals surface area contributed by atoms with Crippen molar-refractivity contribution in [3.05, 3.63) is 76.5 Å². The molecule has 1 heterocycles. The second-order valence-electron chi connectivity index (χ2n) is 6.57. The molecular weight excluding hydrogens is 437 g/mol. The number of imidazole rings is 1. The number of aromatic nitrogens is 2. The highest BCUT2D eigenvalue weighted by atomic mass is 79.9. The lowest BCUT2D eigenvalue weighted by atomic mass is 10.2. The molecule has 0 aliphatic heterocycles. The van der Waals surface area contributed by atoms with Gasteiger partial charge in [-0.3, -0.25) is 0 Å². The zero-order chi connectivity index (χ0) is 20.5. The summed E-state index contributed by atoms with van der Waals surface area (Å²) in [6.45, 7) is 5.40. The van der Waals surface area contributed by atoms with Crippen LogP contribution in [0.25, 0.3) is 0 Å². The molecule has 1 aromatic heterocycles. The van der Waals surface area contributed by atoms with Gasteiger partial charge in [0.05, 0.1) is 12.9 Å². The van der Waals surface area contributed by atoms with E-state index in [0.29, 0.717) is 24.7 Å². The summed E-state index contributed by atoms with van der Waals surface area (Å²) in [5, 5.41) is 3.46. The van der Waals surface area contributed by atoms with Gasteiger partial charge in [0.15, 0.2) is 11.5 Å². The lowest BCUT2D eigenvalue weighted by Gasteiger charge is -2.15. The number of nitrogens with one attached hydrogen (secondary N) is 1. The Hall–Kier alpha value is -2.38. The average molecular weight is 462 g/mol. The van der Waals surface area contributed by atoms with Crippen molar-refractivity contribution in [1.29, 1.82) is 0 Å². The van der Waals surface area contributed by atoms with Crippen LogP contribution in [0, 0.1) is 5.82 Å². The van der Waals surface area contributed by atoms with Gasteiger partial charge in [-0.25, -0.2) is 9.37 Å². The second-order valence-corrected chi connectivity index (χ2v) is 7.42. The number of rotatable bonds is 11. The Morgan fingerprint density at radius 1 is 1.14 bits per heavy atom. The van der Waals surface area contributed by atoms with E-state index in [1.165, 1.54) is 12.1 Å². The van der Waals surface area contributed by atoms with E-state index in [1.54, 1.807) is 18.3 Å². The zero-order valence-electron chi connectivity index (χ0n) is 16.4. The van der Waals surface area contributed by atoms with Crippen molar-refractivity contribution in [2.75, 3.05) is 13.2 Å². The lowest BCUT2D eigenvalue weighted by Crippen LogP contribution is -2.16. The van der Waals surface area contributed by atoms with E-state index in [1.807, 2.05) is 31.6 Å². The molecule has 0 bridgehead atoms. The number of hydrogen-bond acceptors (Lipinski definition) is 4. The summed E-state index contributed by atoms with van der Waals surface area (Å²) in [6, 6.07) is 10.2. The van der Waals surface area contributed by atoms with Crippen LogP contribution in [0.3, 0.4) is 0 Å². The fourth-order valence-electron chi connectivity index (χ4n) is 2.86. The molecule has 29 heavy (non-hydrogen) atoms. The SMILES string of the molecule is CCOc1cc(CNCCCn2ccnc2)c(Br)cc1OCc1ccc(F)cc1. The molecule has 1 N–H and O–H groups in total. The molecule has 5 nitrogen and oxygen atoms in total. The van der Waals surface area contributed by atoms with E-state index in [9.17, 15) is 4.39 Å². The molecule has 3 aromatic rings. The first-order valence-corrected chi connectivity index (χ1v) is 10.4. The fourth-order valence-corrected chi connectivity index (χ4v) is 3.33. The maximum absolute atomic E-state index is 13.1. The predicted molar refractivity (Wildman–Crippen MR) is 115 cm³/mol. The Balaban J connectivity index is 1.56. The van der Waals surface area contributed by atoms with E-state index >= 15 is 0 Å². The van der Waals surface area contributed by atoms with Gasteiger partial charge in [0.2, 0.25) is 0 Å². The smallest absolute Gasteiger partial charge is 0.162 e. The van der Waals surface area contributed by atoms with Crippen LogP contribution in [0.15, 0.2) is 59.6 Å². The second kappa shape index (κ2) is 11.0. The zero-order valence-corrected chi connectivity index (χ0v) is 18.0. The molecule has 0 amide bonds. The van der Waals surface area contributed by atoms with Crippen LogP contribution >= 0.6 is 15.9 Å². The highest BCUT2D eigenvalue weighted by Gasteiger charge is 2.11. The van der Waals surface area contributed by atoms with Crippen molar-refractivity contribution < 1.29 is 13.9 Å². The number of nitrogens with zero attached hydrogens (tertiary/aromatic N) is 2. The molecule has 0 saturated heterocycles. The van der Waals surface area contributed by atoms with Crippen LogP contribution < -0.4 is 14.8 Å². The van der Waals surface area contributed by atoms with Gasteiger partial charge in [0.25, 0.3) is 0 Å². The molecule has 0 spiro atoms. The molecule has 0 saturated carbocycles. The van der Waals surface area contributed by atoms with Crippen LogP contribution in [0.5, 0.6) is 11.5 Å². The summed E-state index contributed by atoms with van der Waals surface area (Å²) >= 11 is 3.63. The quantitative estimate of drug-likeness (QED) is 0.410. The van der Waals surface area contributed by atoms with Gasteiger partial charge in [-0.05, 0) is 55.3 Å². The third-order valence-electron chi connectivity index (χ3n) is 4.36. The molecule has 0 atom stereocenters. The van der Waals surface area contributed by atoms with Gasteiger partial charge in [-0.15, -0.1) is 0 Å². The molecule has 154 valence electrons. The molecule has 7 heteroatoms. The molecule has 3 rings (SSSR count). The van der Waals surface area contributed by atoms with Gasteiger partial charge in [-0.1, -0.05) is 28.1 Å². The largest absolute Gasteiger partial charge is 0.490 e. The van der Waals surface area contributed by atoms with Gasteiger partial charge in [0.1, 0.15) is 12.4 Å². The lowest BCUT2D eigenvalue weighted by molar-refractivity contribution is 0.268. The number of aryl methyl sites for hydroxylation is 1. The van der Waals surface area contributed by atoms with Crippen molar-refractivity contribution in [3.63, 3.8) is 0 Å². The molecule has 2 aromatic carbocycles. The van der Waals surface area contributed by atoms with Crippen LogP contribution in [-0.2, 0) is 19.7 Å². The Kier molecular flexibility index (Phi) is 8.07. The Labute approximate surface area is 179 Å². The Bertz CT molecular complexity index is 886. The van der Waals surface area contributed by atoms with E-state index in [0.717, 1.165) is 41.7 Å². The normalized spacial score (nSPS) is 10.9. The third-order valence-corrected chi connectivity index (χ3v) is 5.10. The number of benzene rings is 2. The van der Waals surface area contributed by atoms with Crippen LogP contribution in [0.1, 0.15) is 24.5 Å². The summed E-state index contributed by atoms with van der Waals surface area (Å²) < 4.78 is 27.8. The molecule has 0 radical (unpaired) electrons. The molecule has 0 fully saturated rings. The van der Waals surface area contributed by atoms with Crippen LogP contribution in [-0.4, -0.2) is 22.7 Å². The number of ether oxygens (including phenoxy) is 2. The number of halogens is 2. The molecule has 0 aliphatic rings. The first kappa shape index (κ1) is 21.3. The summed E-state index contributed by atoms with van der Waals surface area (Å²) in [4.78, 5) is 4.05. The van der Waals surface area contributed by atoms with Crippen molar-refractivity contribution in [1.82, 2.24) is 14.9 Å². The third kappa shape index (κ3) is 6.58. The molecular formula is C22H25BrFN3O2. The van der Waals surface area contributed by atoms with Crippen molar-refractivity contribution in [2.45, 2.75) is 33.0 Å². The summed E-state index contributed by atoms with van der Waals surface area (Å²) in [7, 11) is 0. The highest BCUT2D eigenvalue weighted by Crippen LogP contribution is 2.34. The Morgan fingerprint density at radius 2 is 1.93 bits per heavy atom. The van der Waals surface area contributed by atoms with E-state index < -0.39 is 0 Å². The number of hydrogen-bond donors (Lipinski definition) is 1. The first-order valence-electron chi connectivity index (χ1n) is 9.64. The summed E-state index contributed by atoms with van der Waals surface area (Å²) in [5.41, 5.74) is 2.00. The monoisotopic (exact) mass is 461 g/mol. The maximum atomic E-state index is 13.1. The summed E-state index contributed by atoms with van der Waals surface area (Å²) in [6.07, 6.45) is 6.61. The van der Waals surface area contributed by atoms with Crippen LogP contribution in [0.4, 0.5) is 4.39 Å². The minimum absolute atomic E-state index is 0.256. The molecule has 0 unspecified atom stereocenters. The Morgan fingerprint density at radius 3 is 2.66 bits per heavy atom. The standard InChI is InChI=1S/C22H25BrFN3O2/c1-2-28-21-12-18(14-25-8-3-10-27-11-9-26-16-27)20(23)13-22(21)29-15-17-4-6-19(24)7-5-17/h4-7,9,11-13,16,25H,2-3,8,10,14-15H2,1H3. The topological polar surface area (TPSA) is 48.3 Å². The minimum atomic E-state index is -0.256. The van der Waals surface area contributed by atoms with Gasteiger partial charge in [0, 0.05) is 30.0 Å². The fraction of sp³-hybridized carbons (Fsp3) is 0.318. The van der Waals surface area contributed by atoms with Crippen molar-refractivity contribution >= 4 is 15.9 Å². The first-order chi connectivity index (χ1) is 14.2. The molecule has 0 aliphatic carbocycles. The van der Waals surface area contributed by atoms with Gasteiger partial charge in [-0.2, -0.15) is 0 Å². The van der Waals surface area contributed by atoms with E-state index in [-0.39, 0.29) is 5.82 Å². The predicted octanol–water partition coefficient (Wildman–Crippen LogP) is 4.94.